The molecule has 1 fully saturated rings. The van der Waals surface area contributed by atoms with E-state index in [9.17, 15) is 8.42 Å². The number of sulfonamides is 1. The Bertz CT molecular complexity index is 341. The smallest absolute Gasteiger partial charge is 0.214 e. The molecule has 1 rings (SSSR count). The van der Waals surface area contributed by atoms with Crippen molar-refractivity contribution in [3.63, 3.8) is 0 Å². The molecule has 0 aromatic carbocycles. The van der Waals surface area contributed by atoms with Crippen LogP contribution in [-0.4, -0.2) is 43.6 Å². The minimum atomic E-state index is -3.07. The third-order valence-electron chi connectivity index (χ3n) is 3.46. The van der Waals surface area contributed by atoms with Gasteiger partial charge in [0.2, 0.25) is 10.0 Å². The van der Waals surface area contributed by atoms with Crippen LogP contribution < -0.4 is 5.32 Å². The number of rotatable bonds is 6. The van der Waals surface area contributed by atoms with Gasteiger partial charge in [-0.1, -0.05) is 27.2 Å². The lowest BCUT2D eigenvalue weighted by Crippen LogP contribution is -2.57. The molecule has 0 spiro atoms. The normalized spacial score (nSPS) is 26.7. The third-order valence-corrected chi connectivity index (χ3v) is 5.49. The van der Waals surface area contributed by atoms with E-state index in [0.29, 0.717) is 24.3 Å². The molecule has 0 saturated carbocycles. The fourth-order valence-corrected chi connectivity index (χ4v) is 4.38. The molecule has 0 amide bonds. The Labute approximate surface area is 112 Å². The monoisotopic (exact) mass is 276 g/mol. The van der Waals surface area contributed by atoms with Gasteiger partial charge in [0.15, 0.2) is 0 Å². The van der Waals surface area contributed by atoms with Crippen LogP contribution in [0.5, 0.6) is 0 Å². The van der Waals surface area contributed by atoms with Crippen molar-refractivity contribution in [2.45, 2.75) is 59.0 Å². The molecule has 1 heterocycles. The topological polar surface area (TPSA) is 49.4 Å². The summed E-state index contributed by atoms with van der Waals surface area (Å²) in [5.41, 5.74) is 0. The first-order valence-electron chi connectivity index (χ1n) is 7.09. The Hall–Kier alpha value is -0.130. The zero-order chi connectivity index (χ0) is 13.8. The van der Waals surface area contributed by atoms with Crippen LogP contribution in [0.4, 0.5) is 0 Å². The van der Waals surface area contributed by atoms with Gasteiger partial charge in [-0.25, -0.2) is 8.42 Å². The van der Waals surface area contributed by atoms with Gasteiger partial charge in [-0.15, -0.1) is 0 Å². The molecule has 1 N–H and O–H groups in total. The molecule has 2 unspecified atom stereocenters. The number of nitrogens with one attached hydrogen (secondary N) is 1. The zero-order valence-corrected chi connectivity index (χ0v) is 13.0. The molecule has 2 atom stereocenters. The van der Waals surface area contributed by atoms with E-state index in [-0.39, 0.29) is 6.04 Å². The summed E-state index contributed by atoms with van der Waals surface area (Å²) in [4.78, 5) is 0. The predicted octanol–water partition coefficient (Wildman–Crippen LogP) is 1.82. The number of unbranched alkanes of at least 4 members (excludes halogenated alkanes) is 1. The summed E-state index contributed by atoms with van der Waals surface area (Å²) in [6, 6.07) is 0.382. The van der Waals surface area contributed by atoms with Crippen LogP contribution in [0.15, 0.2) is 0 Å². The second-order valence-electron chi connectivity index (χ2n) is 5.82. The van der Waals surface area contributed by atoms with Crippen molar-refractivity contribution in [3.8, 4) is 0 Å². The zero-order valence-electron chi connectivity index (χ0n) is 12.1. The van der Waals surface area contributed by atoms with Gasteiger partial charge in [0, 0.05) is 25.2 Å². The molecule has 1 aliphatic rings. The largest absolute Gasteiger partial charge is 0.311 e. The van der Waals surface area contributed by atoms with Gasteiger partial charge < -0.3 is 5.32 Å². The van der Waals surface area contributed by atoms with Crippen LogP contribution >= 0.6 is 0 Å². The fourth-order valence-electron chi connectivity index (χ4n) is 2.46. The molecule has 0 bridgehead atoms. The number of nitrogens with zero attached hydrogens (tertiary/aromatic N) is 1. The maximum atomic E-state index is 12.3. The molecule has 0 aliphatic carbocycles. The highest BCUT2D eigenvalue weighted by Crippen LogP contribution is 2.17. The average molecular weight is 276 g/mol. The Morgan fingerprint density at radius 3 is 2.61 bits per heavy atom. The van der Waals surface area contributed by atoms with Gasteiger partial charge in [-0.05, 0) is 25.7 Å². The summed E-state index contributed by atoms with van der Waals surface area (Å²) in [6.07, 6.45) is 2.72. The molecule has 4 nitrogen and oxygen atoms in total. The molecular formula is C13H28N2O2S. The summed E-state index contributed by atoms with van der Waals surface area (Å²) < 4.78 is 26.3. The van der Waals surface area contributed by atoms with E-state index < -0.39 is 10.0 Å². The first kappa shape index (κ1) is 15.9. The lowest BCUT2D eigenvalue weighted by molar-refractivity contribution is 0.219. The van der Waals surface area contributed by atoms with Gasteiger partial charge in [0.25, 0.3) is 0 Å². The highest BCUT2D eigenvalue weighted by Gasteiger charge is 2.33. The molecule has 0 aromatic rings. The lowest BCUT2D eigenvalue weighted by atomic mass is 10.0. The van der Waals surface area contributed by atoms with Gasteiger partial charge in [-0.3, -0.25) is 0 Å². The quantitative estimate of drug-likeness (QED) is 0.805. The van der Waals surface area contributed by atoms with E-state index >= 15 is 0 Å². The van der Waals surface area contributed by atoms with Crippen molar-refractivity contribution in [2.75, 3.05) is 18.8 Å². The van der Waals surface area contributed by atoms with Crippen LogP contribution in [0, 0.1) is 5.92 Å². The van der Waals surface area contributed by atoms with Crippen molar-refractivity contribution in [2.24, 2.45) is 5.92 Å². The van der Waals surface area contributed by atoms with E-state index in [2.05, 4.69) is 19.2 Å². The SMILES string of the molecule is CCCCS(=O)(=O)N1CC(CC(C)C)NCC1C. The van der Waals surface area contributed by atoms with Crippen molar-refractivity contribution >= 4 is 10.0 Å². The highest BCUT2D eigenvalue weighted by molar-refractivity contribution is 7.89. The molecule has 18 heavy (non-hydrogen) atoms. The molecule has 0 aromatic heterocycles. The molecule has 1 aliphatic heterocycles. The predicted molar refractivity (Wildman–Crippen MR) is 76.1 cm³/mol. The minimum Gasteiger partial charge on any atom is -0.311 e. The Morgan fingerprint density at radius 2 is 2.06 bits per heavy atom. The Kier molecular flexibility index (Phi) is 6.08. The molecule has 0 radical (unpaired) electrons. The highest BCUT2D eigenvalue weighted by atomic mass is 32.2. The minimum absolute atomic E-state index is 0.0790. The van der Waals surface area contributed by atoms with E-state index in [4.69, 9.17) is 0 Å². The van der Waals surface area contributed by atoms with Crippen molar-refractivity contribution in [3.05, 3.63) is 0 Å². The van der Waals surface area contributed by atoms with Crippen LogP contribution in [0.25, 0.3) is 0 Å². The lowest BCUT2D eigenvalue weighted by Gasteiger charge is -2.38. The summed E-state index contributed by atoms with van der Waals surface area (Å²) >= 11 is 0. The standard InChI is InChI=1S/C13H28N2O2S/c1-5-6-7-18(16,17)15-10-13(8-11(2)3)14-9-12(15)4/h11-14H,5-10H2,1-4H3. The molecule has 108 valence electrons. The van der Waals surface area contributed by atoms with Gasteiger partial charge in [0.1, 0.15) is 0 Å². The summed E-state index contributed by atoms with van der Waals surface area (Å²) in [6.45, 7) is 9.76. The van der Waals surface area contributed by atoms with Crippen LogP contribution in [-0.2, 0) is 10.0 Å². The van der Waals surface area contributed by atoms with Crippen molar-refractivity contribution < 1.29 is 8.42 Å². The molecule has 1 saturated heterocycles. The maximum Gasteiger partial charge on any atom is 0.214 e. The Morgan fingerprint density at radius 1 is 1.39 bits per heavy atom. The maximum absolute atomic E-state index is 12.3. The molecule has 5 heteroatoms. The third kappa shape index (κ3) is 4.52. The number of hydrogen-bond acceptors (Lipinski definition) is 3. The van der Waals surface area contributed by atoms with Gasteiger partial charge >= 0.3 is 0 Å². The van der Waals surface area contributed by atoms with Crippen molar-refractivity contribution in [1.82, 2.24) is 9.62 Å². The summed E-state index contributed by atoms with van der Waals surface area (Å²) in [7, 11) is -3.07. The fraction of sp³-hybridized carbons (Fsp3) is 1.00. The summed E-state index contributed by atoms with van der Waals surface area (Å²) in [5, 5.41) is 3.45. The first-order chi connectivity index (χ1) is 8.36. The van der Waals surface area contributed by atoms with Crippen LogP contribution in [0.1, 0.15) is 47.0 Å². The van der Waals surface area contributed by atoms with Crippen molar-refractivity contribution in [1.29, 1.82) is 0 Å². The number of piperazine rings is 1. The van der Waals surface area contributed by atoms with E-state index in [1.807, 2.05) is 13.8 Å². The Balaban J connectivity index is 2.66. The van der Waals surface area contributed by atoms with E-state index in [1.165, 1.54) is 0 Å². The van der Waals surface area contributed by atoms with E-state index in [0.717, 1.165) is 25.8 Å². The van der Waals surface area contributed by atoms with Gasteiger partial charge in [0.05, 0.1) is 5.75 Å². The second-order valence-corrected chi connectivity index (χ2v) is 7.86. The average Bonchev–Trinajstić information content (AvgIpc) is 2.28. The molecular weight excluding hydrogens is 248 g/mol. The summed E-state index contributed by atoms with van der Waals surface area (Å²) in [5.74, 6) is 0.888. The van der Waals surface area contributed by atoms with Crippen LogP contribution in [0.3, 0.4) is 0 Å². The first-order valence-corrected chi connectivity index (χ1v) is 8.70. The van der Waals surface area contributed by atoms with Gasteiger partial charge in [-0.2, -0.15) is 4.31 Å². The second kappa shape index (κ2) is 6.87. The van der Waals surface area contributed by atoms with Crippen LogP contribution in [0.2, 0.25) is 0 Å². The van der Waals surface area contributed by atoms with E-state index in [1.54, 1.807) is 4.31 Å². The number of hydrogen-bond donors (Lipinski definition) is 1.